The fourth-order valence-electron chi connectivity index (χ4n) is 6.62. The Labute approximate surface area is 182 Å². The second-order valence-corrected chi connectivity index (χ2v) is 11.4. The lowest BCUT2D eigenvalue weighted by molar-refractivity contribution is -0.0622. The van der Waals surface area contributed by atoms with E-state index in [0.717, 1.165) is 36.5 Å². The van der Waals surface area contributed by atoms with Crippen LogP contribution in [0.4, 0.5) is 4.79 Å². The average molecular weight is 414 g/mol. The van der Waals surface area contributed by atoms with Crippen LogP contribution >= 0.6 is 0 Å². The Bertz CT molecular complexity index is 698. The standard InChI is InChI=1S/C26H39NO3/c1-18(27-24(28)30-25(2,3)4)11-19-5-7-23(8-6-19)29-10-9-26-15-20-12-21(16-26)14-22(13-20)17-26/h5-8,18,20-22H,9-17H2,1-4H3,(H,27,28). The summed E-state index contributed by atoms with van der Waals surface area (Å²) in [5.74, 6) is 3.97. The molecule has 4 heteroatoms. The lowest BCUT2D eigenvalue weighted by Gasteiger charge is -2.57. The van der Waals surface area contributed by atoms with Gasteiger partial charge in [-0.3, -0.25) is 0 Å². The van der Waals surface area contributed by atoms with Crippen LogP contribution in [0.25, 0.3) is 0 Å². The molecule has 0 heterocycles. The molecular formula is C26H39NO3. The van der Waals surface area contributed by atoms with Crippen molar-refractivity contribution in [2.45, 2.75) is 90.7 Å². The van der Waals surface area contributed by atoms with Gasteiger partial charge < -0.3 is 14.8 Å². The largest absolute Gasteiger partial charge is 0.494 e. The highest BCUT2D eigenvalue weighted by molar-refractivity contribution is 5.68. The van der Waals surface area contributed by atoms with Crippen molar-refractivity contribution in [2.75, 3.05) is 6.61 Å². The van der Waals surface area contributed by atoms with E-state index in [1.54, 1.807) is 0 Å². The summed E-state index contributed by atoms with van der Waals surface area (Å²) in [5, 5.41) is 2.90. The molecule has 30 heavy (non-hydrogen) atoms. The van der Waals surface area contributed by atoms with Crippen LogP contribution in [-0.2, 0) is 11.2 Å². The Morgan fingerprint density at radius 2 is 1.63 bits per heavy atom. The van der Waals surface area contributed by atoms with Crippen molar-refractivity contribution in [3.05, 3.63) is 29.8 Å². The molecule has 166 valence electrons. The molecule has 4 nitrogen and oxygen atoms in total. The molecule has 1 aromatic carbocycles. The zero-order valence-electron chi connectivity index (χ0n) is 19.2. The van der Waals surface area contributed by atoms with E-state index in [9.17, 15) is 4.79 Å². The molecule has 4 fully saturated rings. The van der Waals surface area contributed by atoms with Gasteiger partial charge in [0.2, 0.25) is 0 Å². The normalized spacial score (nSPS) is 30.7. The molecule has 1 aromatic rings. The van der Waals surface area contributed by atoms with Crippen LogP contribution in [-0.4, -0.2) is 24.3 Å². The van der Waals surface area contributed by atoms with Gasteiger partial charge in [-0.2, -0.15) is 0 Å². The number of hydrogen-bond donors (Lipinski definition) is 1. The summed E-state index contributed by atoms with van der Waals surface area (Å²) >= 11 is 0. The molecule has 1 N–H and O–H groups in total. The van der Waals surface area contributed by atoms with Crippen molar-refractivity contribution >= 4 is 6.09 Å². The summed E-state index contributed by atoms with van der Waals surface area (Å²) in [6.45, 7) is 8.46. The highest BCUT2D eigenvalue weighted by atomic mass is 16.6. The number of hydrogen-bond acceptors (Lipinski definition) is 3. The third-order valence-electron chi connectivity index (χ3n) is 7.29. The van der Waals surface area contributed by atoms with Gasteiger partial charge in [-0.15, -0.1) is 0 Å². The van der Waals surface area contributed by atoms with Crippen molar-refractivity contribution in [1.29, 1.82) is 0 Å². The lowest BCUT2D eigenvalue weighted by Crippen LogP contribution is -2.46. The molecule has 1 atom stereocenters. The Hall–Kier alpha value is -1.71. The Morgan fingerprint density at radius 1 is 1.07 bits per heavy atom. The Balaban J connectivity index is 1.21. The fourth-order valence-corrected chi connectivity index (χ4v) is 6.62. The number of rotatable bonds is 7. The van der Waals surface area contributed by atoms with Crippen LogP contribution in [0.15, 0.2) is 24.3 Å². The van der Waals surface area contributed by atoms with Crippen LogP contribution in [0.2, 0.25) is 0 Å². The van der Waals surface area contributed by atoms with Gasteiger partial charge in [-0.1, -0.05) is 12.1 Å². The predicted octanol–water partition coefficient (Wildman–Crippen LogP) is 6.13. The topological polar surface area (TPSA) is 47.6 Å². The zero-order chi connectivity index (χ0) is 21.4. The number of carbonyl (C=O) groups excluding carboxylic acids is 1. The van der Waals surface area contributed by atoms with Gasteiger partial charge in [0.05, 0.1) is 6.61 Å². The second kappa shape index (κ2) is 8.43. The maximum Gasteiger partial charge on any atom is 0.407 e. The SMILES string of the molecule is CC(Cc1ccc(OCCC23CC4CC(CC(C4)C2)C3)cc1)NC(=O)OC(C)(C)C. The molecule has 4 aliphatic rings. The molecule has 4 aliphatic carbocycles. The predicted molar refractivity (Wildman–Crippen MR) is 120 cm³/mol. The minimum atomic E-state index is -0.473. The van der Waals surface area contributed by atoms with E-state index in [1.165, 1.54) is 50.5 Å². The second-order valence-electron chi connectivity index (χ2n) is 11.4. The van der Waals surface area contributed by atoms with E-state index in [4.69, 9.17) is 9.47 Å². The lowest BCUT2D eigenvalue weighted by atomic mass is 9.49. The molecule has 4 saturated carbocycles. The van der Waals surface area contributed by atoms with Crippen LogP contribution in [0.1, 0.15) is 78.2 Å². The first-order valence-electron chi connectivity index (χ1n) is 11.9. The first-order valence-corrected chi connectivity index (χ1v) is 11.9. The molecule has 1 amide bonds. The Kier molecular flexibility index (Phi) is 6.05. The summed E-state index contributed by atoms with van der Waals surface area (Å²) in [4.78, 5) is 11.9. The minimum absolute atomic E-state index is 0.0164. The summed E-state index contributed by atoms with van der Waals surface area (Å²) < 4.78 is 11.5. The third kappa shape index (κ3) is 5.50. The van der Waals surface area contributed by atoms with Crippen LogP contribution < -0.4 is 10.1 Å². The number of carbonyl (C=O) groups is 1. The molecule has 0 aromatic heterocycles. The minimum Gasteiger partial charge on any atom is -0.494 e. The van der Waals surface area contributed by atoms with Crippen molar-refractivity contribution in [3.8, 4) is 5.75 Å². The summed E-state index contributed by atoms with van der Waals surface area (Å²) in [5.41, 5.74) is 1.29. The molecular weight excluding hydrogens is 374 g/mol. The maximum absolute atomic E-state index is 11.9. The van der Waals surface area contributed by atoms with Crippen molar-refractivity contribution in [3.63, 3.8) is 0 Å². The Morgan fingerprint density at radius 3 is 2.17 bits per heavy atom. The molecule has 0 aliphatic heterocycles. The van der Waals surface area contributed by atoms with Crippen LogP contribution in [0, 0.1) is 23.2 Å². The zero-order valence-corrected chi connectivity index (χ0v) is 19.2. The summed E-state index contributed by atoms with van der Waals surface area (Å²) in [7, 11) is 0. The van der Waals surface area contributed by atoms with E-state index < -0.39 is 5.60 Å². The van der Waals surface area contributed by atoms with Gasteiger partial charge in [0.25, 0.3) is 0 Å². The van der Waals surface area contributed by atoms with E-state index >= 15 is 0 Å². The van der Waals surface area contributed by atoms with Crippen LogP contribution in [0.3, 0.4) is 0 Å². The fraction of sp³-hybridized carbons (Fsp3) is 0.731. The summed E-state index contributed by atoms with van der Waals surface area (Å²) in [6, 6.07) is 8.35. The molecule has 0 saturated heterocycles. The van der Waals surface area contributed by atoms with Crippen molar-refractivity contribution < 1.29 is 14.3 Å². The average Bonchev–Trinajstić information content (AvgIpc) is 2.60. The summed E-state index contributed by atoms with van der Waals surface area (Å²) in [6.07, 6.45) is 10.5. The van der Waals surface area contributed by atoms with Crippen molar-refractivity contribution in [2.24, 2.45) is 23.2 Å². The number of benzene rings is 1. The number of nitrogens with one attached hydrogen (secondary N) is 1. The molecule has 0 radical (unpaired) electrons. The highest BCUT2D eigenvalue weighted by Crippen LogP contribution is 2.61. The highest BCUT2D eigenvalue weighted by Gasteiger charge is 2.50. The monoisotopic (exact) mass is 413 g/mol. The molecule has 1 unspecified atom stereocenters. The van der Waals surface area contributed by atoms with Crippen molar-refractivity contribution in [1.82, 2.24) is 5.32 Å². The molecule has 5 rings (SSSR count). The van der Waals surface area contributed by atoms with Gasteiger partial charge in [0.15, 0.2) is 0 Å². The van der Waals surface area contributed by atoms with Crippen LogP contribution in [0.5, 0.6) is 5.75 Å². The van der Waals surface area contributed by atoms with Gasteiger partial charge >= 0.3 is 6.09 Å². The van der Waals surface area contributed by atoms with Gasteiger partial charge in [0.1, 0.15) is 11.4 Å². The van der Waals surface area contributed by atoms with Gasteiger partial charge in [-0.05, 0) is 120 Å². The van der Waals surface area contributed by atoms with E-state index in [1.807, 2.05) is 27.7 Å². The maximum atomic E-state index is 11.9. The number of alkyl carbamates (subject to hydrolysis) is 1. The van der Waals surface area contributed by atoms with E-state index in [-0.39, 0.29) is 12.1 Å². The first-order chi connectivity index (χ1) is 14.2. The third-order valence-corrected chi connectivity index (χ3v) is 7.29. The molecule has 4 bridgehead atoms. The number of amides is 1. The quantitative estimate of drug-likeness (QED) is 0.585. The number of ether oxygens (including phenoxy) is 2. The van der Waals surface area contributed by atoms with Gasteiger partial charge in [-0.25, -0.2) is 4.79 Å². The molecule has 0 spiro atoms. The smallest absolute Gasteiger partial charge is 0.407 e. The first kappa shape index (κ1) is 21.5. The van der Waals surface area contributed by atoms with E-state index in [2.05, 4.69) is 29.6 Å². The van der Waals surface area contributed by atoms with E-state index in [0.29, 0.717) is 5.41 Å². The van der Waals surface area contributed by atoms with Gasteiger partial charge in [0, 0.05) is 6.04 Å².